The van der Waals surface area contributed by atoms with Crippen molar-refractivity contribution in [2.45, 2.75) is 6.92 Å². The number of rotatable bonds is 3. The summed E-state index contributed by atoms with van der Waals surface area (Å²) in [5, 5.41) is 3.71. The fourth-order valence-electron chi connectivity index (χ4n) is 1.53. The van der Waals surface area contributed by atoms with E-state index in [4.69, 9.17) is 22.1 Å². The van der Waals surface area contributed by atoms with Crippen molar-refractivity contribution in [3.05, 3.63) is 41.0 Å². The Labute approximate surface area is 111 Å². The first-order valence-electron chi connectivity index (χ1n) is 5.44. The summed E-state index contributed by atoms with van der Waals surface area (Å²) in [5.74, 6) is 1.37. The number of benzene rings is 1. The van der Waals surface area contributed by atoms with Gasteiger partial charge in [-0.25, -0.2) is 4.98 Å². The molecule has 0 aliphatic carbocycles. The maximum Gasteiger partial charge on any atom is 0.137 e. The van der Waals surface area contributed by atoms with Crippen LogP contribution in [0.25, 0.3) is 0 Å². The lowest BCUT2D eigenvalue weighted by Crippen LogP contribution is -1.98. The molecule has 0 unspecified atom stereocenters. The topological polar surface area (TPSA) is 60.2 Å². The lowest BCUT2D eigenvalue weighted by atomic mass is 10.3. The minimum absolute atomic E-state index is 0.551. The molecule has 94 valence electrons. The van der Waals surface area contributed by atoms with E-state index < -0.39 is 0 Å². The van der Waals surface area contributed by atoms with Crippen molar-refractivity contribution >= 4 is 28.8 Å². The third kappa shape index (κ3) is 2.65. The van der Waals surface area contributed by atoms with Crippen LogP contribution in [0, 0.1) is 6.92 Å². The molecule has 18 heavy (non-hydrogen) atoms. The van der Waals surface area contributed by atoms with Gasteiger partial charge in [-0.1, -0.05) is 11.6 Å². The average Bonchev–Trinajstić information content (AvgIpc) is 2.34. The number of pyridine rings is 1. The van der Waals surface area contributed by atoms with E-state index in [2.05, 4.69) is 10.3 Å². The van der Waals surface area contributed by atoms with Crippen LogP contribution < -0.4 is 15.8 Å². The van der Waals surface area contributed by atoms with Gasteiger partial charge in [-0.3, -0.25) is 0 Å². The summed E-state index contributed by atoms with van der Waals surface area (Å²) in [6, 6.07) is 9.09. The van der Waals surface area contributed by atoms with Crippen molar-refractivity contribution in [2.75, 3.05) is 18.2 Å². The molecule has 3 N–H and O–H groups in total. The minimum Gasteiger partial charge on any atom is -0.495 e. The number of anilines is 3. The molecule has 1 aromatic carbocycles. The third-order valence-corrected chi connectivity index (χ3v) is 2.85. The third-order valence-electron chi connectivity index (χ3n) is 2.55. The van der Waals surface area contributed by atoms with Crippen LogP contribution in [0.1, 0.15) is 5.69 Å². The Morgan fingerprint density at radius 2 is 2.06 bits per heavy atom. The second-order valence-corrected chi connectivity index (χ2v) is 4.25. The predicted molar refractivity (Wildman–Crippen MR) is 74.7 cm³/mol. The number of methoxy groups -OCH3 is 1. The first-order chi connectivity index (χ1) is 8.60. The maximum absolute atomic E-state index is 6.05. The van der Waals surface area contributed by atoms with E-state index in [0.29, 0.717) is 16.5 Å². The molecular formula is C13H14ClN3O. The van der Waals surface area contributed by atoms with E-state index in [1.807, 2.05) is 25.1 Å². The van der Waals surface area contributed by atoms with Gasteiger partial charge < -0.3 is 15.8 Å². The summed E-state index contributed by atoms with van der Waals surface area (Å²) in [6.07, 6.45) is 0. The van der Waals surface area contributed by atoms with Gasteiger partial charge in [0.1, 0.15) is 11.6 Å². The average molecular weight is 264 g/mol. The highest BCUT2D eigenvalue weighted by Gasteiger charge is 2.03. The van der Waals surface area contributed by atoms with E-state index in [0.717, 1.165) is 17.2 Å². The molecule has 1 aromatic heterocycles. The summed E-state index contributed by atoms with van der Waals surface area (Å²) in [7, 11) is 1.58. The molecule has 0 radical (unpaired) electrons. The fraction of sp³-hybridized carbons (Fsp3) is 0.154. The SMILES string of the molecule is COc1ccc(Nc2ccc(N)c(C)n2)cc1Cl. The molecule has 4 nitrogen and oxygen atoms in total. The monoisotopic (exact) mass is 263 g/mol. The van der Waals surface area contributed by atoms with E-state index in [-0.39, 0.29) is 0 Å². The predicted octanol–water partition coefficient (Wildman–Crippen LogP) is 3.38. The summed E-state index contributed by atoms with van der Waals surface area (Å²) in [4.78, 5) is 4.33. The van der Waals surface area contributed by atoms with Gasteiger partial charge in [-0.2, -0.15) is 0 Å². The van der Waals surface area contributed by atoms with E-state index in [9.17, 15) is 0 Å². The van der Waals surface area contributed by atoms with E-state index >= 15 is 0 Å². The van der Waals surface area contributed by atoms with Crippen LogP contribution >= 0.6 is 11.6 Å². The zero-order valence-corrected chi connectivity index (χ0v) is 11.0. The zero-order valence-electron chi connectivity index (χ0n) is 10.2. The molecule has 0 amide bonds. The number of hydrogen-bond acceptors (Lipinski definition) is 4. The van der Waals surface area contributed by atoms with Crippen LogP contribution in [-0.4, -0.2) is 12.1 Å². The first kappa shape index (κ1) is 12.5. The van der Waals surface area contributed by atoms with Crippen molar-refractivity contribution in [1.82, 2.24) is 4.98 Å². The van der Waals surface area contributed by atoms with Gasteiger partial charge in [0.25, 0.3) is 0 Å². The molecule has 0 saturated heterocycles. The number of aromatic nitrogens is 1. The Morgan fingerprint density at radius 3 is 2.67 bits per heavy atom. The molecule has 0 saturated carbocycles. The second kappa shape index (κ2) is 5.14. The molecule has 5 heteroatoms. The number of nitrogens with two attached hydrogens (primary N) is 1. The van der Waals surface area contributed by atoms with Crippen LogP contribution in [0.2, 0.25) is 5.02 Å². The summed E-state index contributed by atoms with van der Waals surface area (Å²) < 4.78 is 5.09. The van der Waals surface area contributed by atoms with Gasteiger partial charge in [0, 0.05) is 5.69 Å². The molecule has 0 atom stereocenters. The molecule has 0 fully saturated rings. The van der Waals surface area contributed by atoms with Gasteiger partial charge in [0.05, 0.1) is 23.5 Å². The van der Waals surface area contributed by atoms with Crippen LogP contribution in [0.5, 0.6) is 5.75 Å². The molecule has 2 rings (SSSR count). The van der Waals surface area contributed by atoms with Crippen molar-refractivity contribution < 1.29 is 4.74 Å². The van der Waals surface area contributed by atoms with Gasteiger partial charge in [-0.15, -0.1) is 0 Å². The lowest BCUT2D eigenvalue weighted by molar-refractivity contribution is 0.415. The molecule has 0 spiro atoms. The van der Waals surface area contributed by atoms with Crippen LogP contribution in [0.3, 0.4) is 0 Å². The smallest absolute Gasteiger partial charge is 0.137 e. The van der Waals surface area contributed by atoms with Crippen molar-refractivity contribution in [1.29, 1.82) is 0 Å². The van der Waals surface area contributed by atoms with Crippen molar-refractivity contribution in [2.24, 2.45) is 0 Å². The second-order valence-electron chi connectivity index (χ2n) is 3.85. The summed E-state index contributed by atoms with van der Waals surface area (Å²) >= 11 is 6.05. The number of nitrogens with one attached hydrogen (secondary N) is 1. The Bertz CT molecular complexity index is 572. The Kier molecular flexibility index (Phi) is 3.58. The Hall–Kier alpha value is -1.94. The van der Waals surface area contributed by atoms with E-state index in [1.54, 1.807) is 19.2 Å². The molecular weight excluding hydrogens is 250 g/mol. The summed E-state index contributed by atoms with van der Waals surface area (Å²) in [6.45, 7) is 1.86. The normalized spacial score (nSPS) is 10.2. The number of ether oxygens (including phenoxy) is 1. The van der Waals surface area contributed by atoms with E-state index in [1.165, 1.54) is 0 Å². The van der Waals surface area contributed by atoms with Crippen molar-refractivity contribution in [3.8, 4) is 5.75 Å². The number of halogens is 1. The Balaban J connectivity index is 2.23. The number of aryl methyl sites for hydroxylation is 1. The zero-order chi connectivity index (χ0) is 13.1. The lowest BCUT2D eigenvalue weighted by Gasteiger charge is -2.09. The van der Waals surface area contributed by atoms with Crippen molar-refractivity contribution in [3.63, 3.8) is 0 Å². The summed E-state index contributed by atoms with van der Waals surface area (Å²) in [5.41, 5.74) is 8.03. The quantitative estimate of drug-likeness (QED) is 0.891. The van der Waals surface area contributed by atoms with Gasteiger partial charge >= 0.3 is 0 Å². The molecule has 2 aromatic rings. The maximum atomic E-state index is 6.05. The van der Waals surface area contributed by atoms with Gasteiger partial charge in [-0.05, 0) is 37.3 Å². The van der Waals surface area contributed by atoms with Gasteiger partial charge in [0.15, 0.2) is 0 Å². The fourth-order valence-corrected chi connectivity index (χ4v) is 1.79. The molecule has 0 aliphatic heterocycles. The largest absolute Gasteiger partial charge is 0.495 e. The molecule has 0 bridgehead atoms. The molecule has 0 aliphatic rings. The minimum atomic E-state index is 0.551. The highest BCUT2D eigenvalue weighted by atomic mass is 35.5. The first-order valence-corrected chi connectivity index (χ1v) is 5.81. The highest BCUT2D eigenvalue weighted by Crippen LogP contribution is 2.28. The van der Waals surface area contributed by atoms with Crippen LogP contribution in [0.4, 0.5) is 17.2 Å². The van der Waals surface area contributed by atoms with Crippen LogP contribution in [0.15, 0.2) is 30.3 Å². The number of nitrogen functional groups attached to an aromatic ring is 1. The molecule has 1 heterocycles. The van der Waals surface area contributed by atoms with Gasteiger partial charge in [0.2, 0.25) is 0 Å². The number of nitrogens with zero attached hydrogens (tertiary/aromatic N) is 1. The van der Waals surface area contributed by atoms with Crippen LogP contribution in [-0.2, 0) is 0 Å². The number of hydrogen-bond donors (Lipinski definition) is 2. The standard InChI is InChI=1S/C13H14ClN3O/c1-8-11(15)4-6-13(16-8)17-9-3-5-12(18-2)10(14)7-9/h3-7H,15H2,1-2H3,(H,16,17). The Morgan fingerprint density at radius 1 is 1.28 bits per heavy atom. The highest BCUT2D eigenvalue weighted by molar-refractivity contribution is 6.32.